The van der Waals surface area contributed by atoms with Crippen molar-refractivity contribution >= 4 is 17.3 Å². The van der Waals surface area contributed by atoms with Gasteiger partial charge >= 0.3 is 6.18 Å². The molecule has 0 aliphatic carbocycles. The highest BCUT2D eigenvalue weighted by Gasteiger charge is 2.43. The van der Waals surface area contributed by atoms with Gasteiger partial charge in [0, 0.05) is 19.3 Å². The third-order valence-corrected chi connectivity index (χ3v) is 6.78. The summed E-state index contributed by atoms with van der Waals surface area (Å²) in [7, 11) is 0. The van der Waals surface area contributed by atoms with Gasteiger partial charge in [0.1, 0.15) is 17.0 Å². The number of carbonyl (C=O) groups is 1. The van der Waals surface area contributed by atoms with Gasteiger partial charge in [0.25, 0.3) is 0 Å². The molecule has 0 unspecified atom stereocenters. The van der Waals surface area contributed by atoms with Crippen LogP contribution in [0.25, 0.3) is 5.69 Å². The Bertz CT molecular complexity index is 1560. The van der Waals surface area contributed by atoms with Crippen LogP contribution in [0, 0.1) is 5.82 Å². The van der Waals surface area contributed by atoms with E-state index < -0.39 is 59.4 Å². The van der Waals surface area contributed by atoms with Crippen molar-refractivity contribution in [2.24, 2.45) is 5.73 Å². The molecule has 3 heterocycles. The van der Waals surface area contributed by atoms with Crippen molar-refractivity contribution in [3.8, 4) is 17.2 Å². The molecule has 0 radical (unpaired) electrons. The topological polar surface area (TPSA) is 111 Å². The van der Waals surface area contributed by atoms with Crippen LogP contribution in [0.15, 0.2) is 67.1 Å². The molecule has 0 saturated carbocycles. The van der Waals surface area contributed by atoms with Crippen LogP contribution >= 0.6 is 0 Å². The molecule has 0 spiro atoms. The maximum atomic E-state index is 15.4. The molecule has 42 heavy (non-hydrogen) atoms. The lowest BCUT2D eigenvalue weighted by Gasteiger charge is -2.40. The first-order valence-electron chi connectivity index (χ1n) is 13.0. The monoisotopic (exact) mass is 587 g/mol. The van der Waals surface area contributed by atoms with E-state index in [1.54, 1.807) is 18.3 Å². The molecule has 220 valence electrons. The molecule has 1 aliphatic heterocycles. The second kappa shape index (κ2) is 11.7. The first-order valence-corrected chi connectivity index (χ1v) is 13.0. The third kappa shape index (κ3) is 6.33. The molecule has 5 rings (SSSR count). The summed E-state index contributed by atoms with van der Waals surface area (Å²) in [5.41, 5.74) is 2.63. The number of para-hydroxylation sites is 1. The lowest BCUT2D eigenvalue weighted by Crippen LogP contribution is -2.50. The number of rotatable bonds is 8. The second-order valence-corrected chi connectivity index (χ2v) is 9.82. The van der Waals surface area contributed by atoms with Crippen LogP contribution in [0.4, 0.5) is 33.3 Å². The number of nitrogens with two attached hydrogens (primary N) is 1. The summed E-state index contributed by atoms with van der Waals surface area (Å²) in [6.07, 6.45) is -0.453. The minimum atomic E-state index is -5.02. The van der Waals surface area contributed by atoms with Crippen molar-refractivity contribution in [2.45, 2.75) is 31.1 Å². The highest BCUT2D eigenvalue weighted by Crippen LogP contribution is 2.49. The average Bonchev–Trinajstić information content (AvgIpc) is 3.43. The first-order chi connectivity index (χ1) is 20.1. The number of benzene rings is 2. The highest BCUT2D eigenvalue weighted by molar-refractivity contribution is 5.96. The van der Waals surface area contributed by atoms with Crippen LogP contribution in [0.1, 0.15) is 24.1 Å². The summed E-state index contributed by atoms with van der Waals surface area (Å²) < 4.78 is 80.7. The fourth-order valence-corrected chi connectivity index (χ4v) is 4.83. The average molecular weight is 588 g/mol. The molecular formula is C28H26F5N7O2. The summed E-state index contributed by atoms with van der Waals surface area (Å²) in [6, 6.07) is 10.5. The van der Waals surface area contributed by atoms with Crippen LogP contribution < -0.4 is 20.7 Å². The maximum absolute atomic E-state index is 15.4. The number of carbonyl (C=O) groups excluding carboxylic acids is 1. The number of hydrogen-bond donors (Lipinski definition) is 2. The zero-order chi connectivity index (χ0) is 29.9. The number of halogens is 5. The number of amides is 1. The molecule has 1 amide bonds. The molecule has 2 aromatic carbocycles. The molecule has 3 N–H and O–H groups in total. The smallest absolute Gasteiger partial charge is 0.422 e. The summed E-state index contributed by atoms with van der Waals surface area (Å²) in [6.45, 7) is -0.776. The van der Waals surface area contributed by atoms with Crippen molar-refractivity contribution in [1.82, 2.24) is 20.0 Å². The van der Waals surface area contributed by atoms with E-state index >= 15 is 4.39 Å². The molecule has 1 aliphatic rings. The van der Waals surface area contributed by atoms with E-state index in [4.69, 9.17) is 10.5 Å². The van der Waals surface area contributed by atoms with Gasteiger partial charge in [-0.2, -0.15) is 28.5 Å². The minimum Gasteiger partial charge on any atom is -0.454 e. The number of alkyl halides is 4. The summed E-state index contributed by atoms with van der Waals surface area (Å²) in [4.78, 5) is 14.3. The summed E-state index contributed by atoms with van der Waals surface area (Å²) >= 11 is 0. The number of nitrogens with zero attached hydrogens (tertiary/aromatic N) is 5. The Hall–Kier alpha value is -4.59. The number of aromatic nitrogens is 4. The lowest BCUT2D eigenvalue weighted by atomic mass is 9.93. The normalized spacial score (nSPS) is 17.2. The Labute approximate surface area is 237 Å². The molecule has 1 atom stereocenters. The van der Waals surface area contributed by atoms with Crippen LogP contribution in [0.5, 0.6) is 11.5 Å². The van der Waals surface area contributed by atoms with Crippen molar-refractivity contribution < 1.29 is 31.5 Å². The predicted molar refractivity (Wildman–Crippen MR) is 144 cm³/mol. The van der Waals surface area contributed by atoms with E-state index in [1.807, 2.05) is 0 Å². The van der Waals surface area contributed by atoms with Gasteiger partial charge in [-0.05, 0) is 49.2 Å². The van der Waals surface area contributed by atoms with Crippen molar-refractivity contribution in [3.05, 3.63) is 84.2 Å². The molecule has 4 aromatic rings. The number of piperidine rings is 1. The van der Waals surface area contributed by atoms with Crippen molar-refractivity contribution in [1.29, 1.82) is 0 Å². The van der Waals surface area contributed by atoms with E-state index in [0.717, 1.165) is 12.1 Å². The molecule has 0 bridgehead atoms. The van der Waals surface area contributed by atoms with Gasteiger partial charge < -0.3 is 20.7 Å². The zero-order valence-corrected chi connectivity index (χ0v) is 22.1. The van der Waals surface area contributed by atoms with E-state index in [-0.39, 0.29) is 31.5 Å². The SMILES string of the molecule is NC[C@]1(F)CCCN(c2c(NC(=O)Cc3ccn(-c4ccnnc4)n3)ccc(Oc3ccccc3F)c2C(F)(F)F)C1. The van der Waals surface area contributed by atoms with Crippen molar-refractivity contribution in [2.75, 3.05) is 29.9 Å². The van der Waals surface area contributed by atoms with Gasteiger partial charge in [0.05, 0.1) is 48.1 Å². The van der Waals surface area contributed by atoms with Crippen LogP contribution in [-0.2, 0) is 17.4 Å². The second-order valence-electron chi connectivity index (χ2n) is 9.82. The zero-order valence-electron chi connectivity index (χ0n) is 22.1. The number of hydrogen-bond acceptors (Lipinski definition) is 7. The van der Waals surface area contributed by atoms with Gasteiger partial charge in [-0.3, -0.25) is 4.79 Å². The van der Waals surface area contributed by atoms with Gasteiger partial charge in [0.2, 0.25) is 5.91 Å². The highest BCUT2D eigenvalue weighted by atomic mass is 19.4. The van der Waals surface area contributed by atoms with Gasteiger partial charge in [-0.1, -0.05) is 12.1 Å². The Morgan fingerprint density at radius 1 is 1.10 bits per heavy atom. The van der Waals surface area contributed by atoms with E-state index in [9.17, 15) is 22.4 Å². The fraction of sp³-hybridized carbons (Fsp3) is 0.286. The summed E-state index contributed by atoms with van der Waals surface area (Å²) in [5, 5.41) is 14.3. The van der Waals surface area contributed by atoms with Crippen LogP contribution in [0.2, 0.25) is 0 Å². The van der Waals surface area contributed by atoms with Gasteiger partial charge in [0.15, 0.2) is 11.6 Å². The number of nitrogens with one attached hydrogen (secondary N) is 1. The molecule has 9 nitrogen and oxygen atoms in total. The largest absolute Gasteiger partial charge is 0.454 e. The van der Waals surface area contributed by atoms with E-state index in [0.29, 0.717) is 11.4 Å². The molecular weight excluding hydrogens is 561 g/mol. The van der Waals surface area contributed by atoms with Crippen molar-refractivity contribution in [3.63, 3.8) is 0 Å². The standard InChI is InChI=1S/C28H26F5N7O2/c29-20-4-1-2-5-22(20)42-23-7-6-21(26(25(23)28(31,32)33)39-12-3-10-27(30,16-34)17-39)37-24(41)14-18-9-13-40(38-18)19-8-11-35-36-15-19/h1-2,4-9,11,13,15H,3,10,12,14,16-17,34H2,(H,37,41)/t27-/m1/s1. The third-order valence-electron chi connectivity index (χ3n) is 6.78. The lowest BCUT2D eigenvalue weighted by molar-refractivity contribution is -0.138. The predicted octanol–water partition coefficient (Wildman–Crippen LogP) is 5.06. The fourth-order valence-electron chi connectivity index (χ4n) is 4.83. The van der Waals surface area contributed by atoms with Crippen LogP contribution in [0.3, 0.4) is 0 Å². The molecule has 1 fully saturated rings. The molecule has 2 aromatic heterocycles. The Morgan fingerprint density at radius 3 is 2.62 bits per heavy atom. The van der Waals surface area contributed by atoms with E-state index in [1.165, 1.54) is 46.2 Å². The van der Waals surface area contributed by atoms with Gasteiger partial charge in [-0.25, -0.2) is 13.5 Å². The summed E-state index contributed by atoms with van der Waals surface area (Å²) in [5.74, 6) is -2.65. The Morgan fingerprint density at radius 2 is 1.90 bits per heavy atom. The number of ether oxygens (including phenoxy) is 1. The van der Waals surface area contributed by atoms with Crippen LogP contribution in [-0.4, -0.2) is 51.2 Å². The first kappa shape index (κ1) is 28.9. The maximum Gasteiger partial charge on any atom is 0.422 e. The quantitative estimate of drug-likeness (QED) is 0.277. The molecule has 1 saturated heterocycles. The number of anilines is 2. The molecule has 14 heteroatoms. The minimum absolute atomic E-state index is 0.0607. The Balaban J connectivity index is 1.51. The van der Waals surface area contributed by atoms with E-state index in [2.05, 4.69) is 20.6 Å². The Kier molecular flexibility index (Phi) is 8.07. The van der Waals surface area contributed by atoms with Gasteiger partial charge in [-0.15, -0.1) is 0 Å².